The fraction of sp³-hybridized carbons (Fsp3) is 0.346. The number of benzene rings is 1. The Balaban J connectivity index is 1.58. The molecule has 3 heterocycles. The smallest absolute Gasteiger partial charge is 0.332 e. The molecule has 34 heavy (non-hydrogen) atoms. The van der Waals surface area contributed by atoms with Crippen molar-refractivity contribution in [1.29, 1.82) is 0 Å². The molecule has 1 amide bonds. The van der Waals surface area contributed by atoms with Crippen molar-refractivity contribution in [2.45, 2.75) is 45.3 Å². The molecule has 0 unspecified atom stereocenters. The molecule has 0 bridgehead atoms. The first-order valence-electron chi connectivity index (χ1n) is 11.2. The molecule has 0 saturated carbocycles. The number of hydrogen-bond acceptors (Lipinski definition) is 3. The maximum absolute atomic E-state index is 13.8. The van der Waals surface area contributed by atoms with Crippen molar-refractivity contribution >= 4 is 5.91 Å². The van der Waals surface area contributed by atoms with Crippen LogP contribution in [0.4, 0.5) is 13.2 Å². The van der Waals surface area contributed by atoms with Gasteiger partial charge in [0, 0.05) is 42.8 Å². The molecule has 0 aliphatic carbocycles. The molecular weight excluding hydrogens is 441 g/mol. The van der Waals surface area contributed by atoms with E-state index in [0.717, 1.165) is 40.9 Å². The molecule has 178 valence electrons. The molecule has 5 nitrogen and oxygen atoms in total. The lowest BCUT2D eigenvalue weighted by molar-refractivity contribution is -0.137. The van der Waals surface area contributed by atoms with Crippen LogP contribution in [0.1, 0.15) is 46.9 Å². The van der Waals surface area contributed by atoms with Crippen molar-refractivity contribution < 1.29 is 18.0 Å². The normalized spacial score (nSPS) is 16.5. The fourth-order valence-corrected chi connectivity index (χ4v) is 4.42. The van der Waals surface area contributed by atoms with Crippen LogP contribution in [0.3, 0.4) is 0 Å². The average Bonchev–Trinajstić information content (AvgIpc) is 3.23. The van der Waals surface area contributed by atoms with Crippen LogP contribution >= 0.6 is 0 Å². The van der Waals surface area contributed by atoms with Gasteiger partial charge in [-0.2, -0.15) is 18.3 Å². The largest absolute Gasteiger partial charge is 0.417 e. The summed E-state index contributed by atoms with van der Waals surface area (Å²) in [4.78, 5) is 19.7. The van der Waals surface area contributed by atoms with Crippen molar-refractivity contribution in [3.63, 3.8) is 0 Å². The van der Waals surface area contributed by atoms with E-state index in [1.54, 1.807) is 10.9 Å². The molecule has 0 spiro atoms. The van der Waals surface area contributed by atoms with Gasteiger partial charge >= 0.3 is 6.18 Å². The molecule has 0 fully saturated rings. The van der Waals surface area contributed by atoms with Crippen LogP contribution in [-0.2, 0) is 19.6 Å². The third-order valence-electron chi connectivity index (χ3n) is 6.25. The zero-order valence-corrected chi connectivity index (χ0v) is 19.4. The molecule has 4 rings (SSSR count). The van der Waals surface area contributed by atoms with Gasteiger partial charge in [0.05, 0.1) is 17.8 Å². The third kappa shape index (κ3) is 5.05. The predicted octanol–water partition coefficient (Wildman–Crippen LogP) is 5.60. The Morgan fingerprint density at radius 2 is 1.94 bits per heavy atom. The molecule has 3 aromatic rings. The van der Waals surface area contributed by atoms with Crippen LogP contribution in [0, 0.1) is 6.92 Å². The zero-order valence-electron chi connectivity index (χ0n) is 19.4. The van der Waals surface area contributed by atoms with Gasteiger partial charge in [-0.1, -0.05) is 29.3 Å². The summed E-state index contributed by atoms with van der Waals surface area (Å²) in [6, 6.07) is 8.17. The van der Waals surface area contributed by atoms with E-state index in [1.165, 1.54) is 6.07 Å². The highest BCUT2D eigenvalue weighted by Gasteiger charge is 2.32. The Labute approximate surface area is 196 Å². The number of pyridine rings is 1. The zero-order chi connectivity index (χ0) is 24.5. The van der Waals surface area contributed by atoms with Gasteiger partial charge in [0.1, 0.15) is 0 Å². The van der Waals surface area contributed by atoms with E-state index in [4.69, 9.17) is 0 Å². The highest BCUT2D eigenvalue weighted by molar-refractivity contribution is 6.01. The lowest BCUT2D eigenvalue weighted by Gasteiger charge is -2.36. The van der Waals surface area contributed by atoms with Crippen molar-refractivity contribution in [3.8, 4) is 11.1 Å². The van der Waals surface area contributed by atoms with Crippen molar-refractivity contribution in [2.24, 2.45) is 7.05 Å². The van der Waals surface area contributed by atoms with E-state index in [1.807, 2.05) is 50.2 Å². The first kappa shape index (κ1) is 23.7. The van der Waals surface area contributed by atoms with Gasteiger partial charge in [-0.3, -0.25) is 14.5 Å². The third-order valence-corrected chi connectivity index (χ3v) is 6.25. The average molecular weight is 469 g/mol. The number of rotatable bonds is 5. The fourth-order valence-electron chi connectivity index (χ4n) is 4.42. The Morgan fingerprint density at radius 1 is 1.15 bits per heavy atom. The second-order valence-corrected chi connectivity index (χ2v) is 8.78. The van der Waals surface area contributed by atoms with E-state index in [9.17, 15) is 18.0 Å². The summed E-state index contributed by atoms with van der Waals surface area (Å²) in [7, 11) is 1.84. The Bertz CT molecular complexity index is 1210. The Morgan fingerprint density at radius 3 is 2.59 bits per heavy atom. The van der Waals surface area contributed by atoms with Gasteiger partial charge in [0.2, 0.25) is 0 Å². The van der Waals surface area contributed by atoms with Crippen molar-refractivity contribution in [1.82, 2.24) is 19.7 Å². The lowest BCUT2D eigenvalue weighted by atomic mass is 9.93. The van der Waals surface area contributed by atoms with Crippen molar-refractivity contribution in [3.05, 3.63) is 83.0 Å². The number of aryl methyl sites for hydroxylation is 3. The van der Waals surface area contributed by atoms with Crippen LogP contribution in [0.5, 0.6) is 0 Å². The molecular formula is C26H27F3N4O. The summed E-state index contributed by atoms with van der Waals surface area (Å²) < 4.78 is 40.2. The van der Waals surface area contributed by atoms with Crippen molar-refractivity contribution in [2.75, 3.05) is 6.54 Å². The predicted molar refractivity (Wildman–Crippen MR) is 124 cm³/mol. The summed E-state index contributed by atoms with van der Waals surface area (Å²) in [5.74, 6) is -0.0552. The number of alkyl halides is 3. The maximum atomic E-state index is 13.8. The van der Waals surface area contributed by atoms with Crippen LogP contribution in [-0.4, -0.2) is 38.2 Å². The van der Waals surface area contributed by atoms with Gasteiger partial charge in [-0.25, -0.2) is 0 Å². The second-order valence-electron chi connectivity index (χ2n) is 8.78. The number of aromatic nitrogens is 3. The van der Waals surface area contributed by atoms with E-state index in [2.05, 4.69) is 16.2 Å². The summed E-state index contributed by atoms with van der Waals surface area (Å²) in [6.45, 7) is 4.54. The first-order valence-corrected chi connectivity index (χ1v) is 11.2. The quantitative estimate of drug-likeness (QED) is 0.458. The minimum Gasteiger partial charge on any atom is -0.332 e. The topological polar surface area (TPSA) is 51.0 Å². The van der Waals surface area contributed by atoms with Gasteiger partial charge in [-0.05, 0) is 56.9 Å². The second kappa shape index (κ2) is 9.44. The highest BCUT2D eigenvalue weighted by Crippen LogP contribution is 2.31. The lowest BCUT2D eigenvalue weighted by Crippen LogP contribution is -2.44. The van der Waals surface area contributed by atoms with E-state index >= 15 is 0 Å². The standard InChI is InChI=1S/C26H27F3N4O/c1-17-6-10-22(19-14-31-32(3)16-19)23(13-17)25(34)33-12-4-5-18(2)24(33)11-9-21-8-7-20(15-30-21)26(27,28)29/h5-8,10,13-16,24H,4,9,11-12H2,1-3H3/t24-/m1/s1. The monoisotopic (exact) mass is 468 g/mol. The highest BCUT2D eigenvalue weighted by atomic mass is 19.4. The molecule has 1 aliphatic rings. The molecule has 0 N–H and O–H groups in total. The summed E-state index contributed by atoms with van der Waals surface area (Å²) >= 11 is 0. The van der Waals surface area contributed by atoms with E-state index < -0.39 is 11.7 Å². The van der Waals surface area contributed by atoms with Gasteiger partial charge in [0.25, 0.3) is 5.91 Å². The molecule has 2 aromatic heterocycles. The van der Waals surface area contributed by atoms with Crippen LogP contribution in [0.2, 0.25) is 0 Å². The summed E-state index contributed by atoms with van der Waals surface area (Å²) in [5, 5.41) is 4.25. The molecule has 8 heteroatoms. The minimum absolute atomic E-state index is 0.0552. The summed E-state index contributed by atoms with van der Waals surface area (Å²) in [5.41, 5.74) is 4.22. The number of nitrogens with zero attached hydrogens (tertiary/aromatic N) is 4. The van der Waals surface area contributed by atoms with E-state index in [-0.39, 0.29) is 11.9 Å². The number of halogens is 3. The minimum atomic E-state index is -4.41. The molecule has 0 radical (unpaired) electrons. The molecule has 0 saturated heterocycles. The molecule has 1 aliphatic heterocycles. The molecule has 1 aromatic carbocycles. The Kier molecular flexibility index (Phi) is 6.59. The summed E-state index contributed by atoms with van der Waals surface area (Å²) in [6.07, 6.45) is 4.05. The van der Waals surface area contributed by atoms with Crippen LogP contribution in [0.25, 0.3) is 11.1 Å². The SMILES string of the molecule is CC1=CCCN(C(=O)c2cc(C)ccc2-c2cnn(C)c2)[C@@H]1CCc1ccc(C(F)(F)F)cn1. The number of hydrogen-bond donors (Lipinski definition) is 0. The number of amides is 1. The number of carbonyl (C=O) groups excluding carboxylic acids is 1. The van der Waals surface area contributed by atoms with Gasteiger partial charge in [-0.15, -0.1) is 0 Å². The maximum Gasteiger partial charge on any atom is 0.417 e. The van der Waals surface area contributed by atoms with Crippen LogP contribution in [0.15, 0.2) is 60.6 Å². The Hall–Kier alpha value is -3.42. The van der Waals surface area contributed by atoms with Gasteiger partial charge < -0.3 is 4.90 Å². The van der Waals surface area contributed by atoms with Crippen LogP contribution < -0.4 is 0 Å². The number of carbonyl (C=O) groups is 1. The molecule has 1 atom stereocenters. The van der Waals surface area contributed by atoms with Gasteiger partial charge in [0.15, 0.2) is 0 Å². The van der Waals surface area contributed by atoms with E-state index in [0.29, 0.717) is 30.6 Å². The first-order chi connectivity index (χ1) is 16.1.